The number of nitrogens with zero attached hydrogens (tertiary/aromatic N) is 1. The zero-order chi connectivity index (χ0) is 11.3. The van der Waals surface area contributed by atoms with E-state index in [2.05, 4.69) is 4.98 Å². The molecular weight excluding hydrogens is 190 g/mol. The third kappa shape index (κ3) is 3.49. The van der Waals surface area contributed by atoms with Crippen LogP contribution in [0.3, 0.4) is 0 Å². The molecule has 15 heavy (non-hydrogen) atoms. The van der Waals surface area contributed by atoms with E-state index in [4.69, 9.17) is 16.2 Å². The first-order valence-corrected chi connectivity index (χ1v) is 5.21. The second-order valence-corrected chi connectivity index (χ2v) is 3.58. The van der Waals surface area contributed by atoms with Gasteiger partial charge in [-0.3, -0.25) is 0 Å². The maximum Gasteiger partial charge on any atom is 0.126 e. The number of hydrogen-bond acceptors (Lipinski definition) is 4. The molecule has 0 aliphatic carbocycles. The molecule has 84 valence electrons. The van der Waals surface area contributed by atoms with Gasteiger partial charge in [-0.1, -0.05) is 6.07 Å². The molecule has 1 heterocycles. The Balaban J connectivity index is 2.58. The summed E-state index contributed by atoms with van der Waals surface area (Å²) in [7, 11) is 0. The highest BCUT2D eigenvalue weighted by Crippen LogP contribution is 2.11. The number of nitrogen functional groups attached to an aromatic ring is 1. The lowest BCUT2D eigenvalue weighted by atomic mass is 10.0. The Bertz CT molecular complexity index is 304. The molecule has 0 bridgehead atoms. The maximum atomic E-state index is 6.00. The highest BCUT2D eigenvalue weighted by molar-refractivity contribution is 5.38. The van der Waals surface area contributed by atoms with Gasteiger partial charge in [-0.25, -0.2) is 4.98 Å². The van der Waals surface area contributed by atoms with Gasteiger partial charge in [0.25, 0.3) is 0 Å². The molecule has 0 spiro atoms. The van der Waals surface area contributed by atoms with Crippen molar-refractivity contribution in [3.8, 4) is 0 Å². The summed E-state index contributed by atoms with van der Waals surface area (Å²) in [6.45, 7) is 4.61. The van der Waals surface area contributed by atoms with Crippen LogP contribution in [0.25, 0.3) is 0 Å². The van der Waals surface area contributed by atoms with Gasteiger partial charge in [-0.2, -0.15) is 0 Å². The van der Waals surface area contributed by atoms with Gasteiger partial charge in [0.05, 0.1) is 6.10 Å². The third-order valence-corrected chi connectivity index (χ3v) is 2.41. The van der Waals surface area contributed by atoms with Crippen molar-refractivity contribution in [1.29, 1.82) is 0 Å². The molecule has 1 aromatic heterocycles. The number of aromatic nitrogens is 1. The van der Waals surface area contributed by atoms with Crippen molar-refractivity contribution < 1.29 is 4.74 Å². The van der Waals surface area contributed by atoms with Gasteiger partial charge >= 0.3 is 0 Å². The van der Waals surface area contributed by atoms with Crippen molar-refractivity contribution >= 4 is 5.82 Å². The van der Waals surface area contributed by atoms with Gasteiger partial charge in [-0.15, -0.1) is 0 Å². The number of hydrogen-bond donors (Lipinski definition) is 2. The minimum Gasteiger partial charge on any atom is -0.383 e. The standard InChI is InChI=1S/C11H19N3O/c1-3-15-8(2)10(12)7-9-5-4-6-14-11(9)13/h4-6,8,10H,3,7,12H2,1-2H3,(H2,13,14). The smallest absolute Gasteiger partial charge is 0.126 e. The predicted octanol–water partition coefficient (Wildman–Crippen LogP) is 0.959. The summed E-state index contributed by atoms with van der Waals surface area (Å²) >= 11 is 0. The van der Waals surface area contributed by atoms with E-state index in [0.29, 0.717) is 18.8 Å². The minimum atomic E-state index is -0.0450. The Morgan fingerprint density at radius 3 is 2.87 bits per heavy atom. The van der Waals surface area contributed by atoms with E-state index >= 15 is 0 Å². The minimum absolute atomic E-state index is 0.0367. The van der Waals surface area contributed by atoms with E-state index < -0.39 is 0 Å². The molecule has 2 atom stereocenters. The van der Waals surface area contributed by atoms with Crippen molar-refractivity contribution in [3.05, 3.63) is 23.9 Å². The van der Waals surface area contributed by atoms with Gasteiger partial charge in [0.15, 0.2) is 0 Å². The first-order chi connectivity index (χ1) is 7.15. The van der Waals surface area contributed by atoms with Crippen molar-refractivity contribution in [2.24, 2.45) is 5.73 Å². The lowest BCUT2D eigenvalue weighted by molar-refractivity contribution is 0.0577. The van der Waals surface area contributed by atoms with Crippen molar-refractivity contribution in [3.63, 3.8) is 0 Å². The van der Waals surface area contributed by atoms with Crippen LogP contribution in [0, 0.1) is 0 Å². The van der Waals surface area contributed by atoms with Crippen LogP contribution in [0.1, 0.15) is 19.4 Å². The Labute approximate surface area is 90.6 Å². The summed E-state index contributed by atoms with van der Waals surface area (Å²) in [4.78, 5) is 4.02. The highest BCUT2D eigenvalue weighted by atomic mass is 16.5. The van der Waals surface area contributed by atoms with Gasteiger partial charge in [0, 0.05) is 18.8 Å². The molecule has 4 heteroatoms. The average Bonchev–Trinajstić information content (AvgIpc) is 2.21. The Morgan fingerprint density at radius 2 is 2.27 bits per heavy atom. The SMILES string of the molecule is CCOC(C)C(N)Cc1cccnc1N. The van der Waals surface area contributed by atoms with E-state index in [9.17, 15) is 0 Å². The number of rotatable bonds is 5. The zero-order valence-electron chi connectivity index (χ0n) is 9.31. The Morgan fingerprint density at radius 1 is 1.53 bits per heavy atom. The van der Waals surface area contributed by atoms with Crippen LogP contribution in [0.15, 0.2) is 18.3 Å². The zero-order valence-corrected chi connectivity index (χ0v) is 9.31. The summed E-state index contributed by atoms with van der Waals surface area (Å²) in [5.74, 6) is 0.552. The first-order valence-electron chi connectivity index (χ1n) is 5.21. The normalized spacial score (nSPS) is 14.9. The largest absolute Gasteiger partial charge is 0.383 e. The van der Waals surface area contributed by atoms with E-state index in [1.54, 1.807) is 6.20 Å². The van der Waals surface area contributed by atoms with E-state index in [-0.39, 0.29) is 12.1 Å². The molecule has 0 aromatic carbocycles. The van der Waals surface area contributed by atoms with Crippen molar-refractivity contribution in [1.82, 2.24) is 4.98 Å². The molecule has 0 aliphatic heterocycles. The Kier molecular flexibility index (Phi) is 4.52. The van der Waals surface area contributed by atoms with Crippen LogP contribution >= 0.6 is 0 Å². The first kappa shape index (κ1) is 11.9. The molecule has 1 aromatic rings. The quantitative estimate of drug-likeness (QED) is 0.757. The molecule has 0 radical (unpaired) electrons. The van der Waals surface area contributed by atoms with E-state index in [0.717, 1.165) is 5.56 Å². The van der Waals surface area contributed by atoms with E-state index in [1.165, 1.54) is 0 Å². The van der Waals surface area contributed by atoms with Crippen LogP contribution in [0.5, 0.6) is 0 Å². The summed E-state index contributed by atoms with van der Waals surface area (Å²) in [6.07, 6.45) is 2.41. The molecule has 0 amide bonds. The third-order valence-electron chi connectivity index (χ3n) is 2.41. The predicted molar refractivity (Wildman–Crippen MR) is 61.4 cm³/mol. The molecular formula is C11H19N3O. The van der Waals surface area contributed by atoms with E-state index in [1.807, 2.05) is 26.0 Å². The molecule has 2 unspecified atom stereocenters. The fourth-order valence-corrected chi connectivity index (χ4v) is 1.43. The van der Waals surface area contributed by atoms with Gasteiger partial charge in [0.1, 0.15) is 5.82 Å². The second kappa shape index (κ2) is 5.68. The maximum absolute atomic E-state index is 6.00. The lowest BCUT2D eigenvalue weighted by Crippen LogP contribution is -2.36. The monoisotopic (exact) mass is 209 g/mol. The van der Waals surface area contributed by atoms with Gasteiger partial charge in [-0.05, 0) is 31.9 Å². The van der Waals surface area contributed by atoms with Crippen LogP contribution < -0.4 is 11.5 Å². The summed E-state index contributed by atoms with van der Waals surface area (Å²) in [5, 5.41) is 0. The number of ether oxygens (including phenoxy) is 1. The van der Waals surface area contributed by atoms with Crippen LogP contribution in [0.2, 0.25) is 0 Å². The molecule has 0 aliphatic rings. The average molecular weight is 209 g/mol. The molecule has 0 fully saturated rings. The van der Waals surface area contributed by atoms with Crippen LogP contribution in [-0.4, -0.2) is 23.7 Å². The number of anilines is 1. The molecule has 0 saturated heterocycles. The highest BCUT2D eigenvalue weighted by Gasteiger charge is 2.14. The second-order valence-electron chi connectivity index (χ2n) is 3.58. The topological polar surface area (TPSA) is 74.2 Å². The van der Waals surface area contributed by atoms with Crippen LogP contribution in [0.4, 0.5) is 5.82 Å². The Hall–Kier alpha value is -1.13. The summed E-state index contributed by atoms with van der Waals surface area (Å²) in [5.41, 5.74) is 12.7. The fourth-order valence-electron chi connectivity index (χ4n) is 1.43. The summed E-state index contributed by atoms with van der Waals surface area (Å²) < 4.78 is 5.43. The van der Waals surface area contributed by atoms with Crippen LogP contribution in [-0.2, 0) is 11.2 Å². The van der Waals surface area contributed by atoms with Crippen molar-refractivity contribution in [2.45, 2.75) is 32.4 Å². The molecule has 4 nitrogen and oxygen atoms in total. The molecule has 4 N–H and O–H groups in total. The van der Waals surface area contributed by atoms with Gasteiger partial charge < -0.3 is 16.2 Å². The summed E-state index contributed by atoms with van der Waals surface area (Å²) in [6, 6.07) is 3.77. The lowest BCUT2D eigenvalue weighted by Gasteiger charge is -2.20. The fraction of sp³-hybridized carbons (Fsp3) is 0.545. The van der Waals surface area contributed by atoms with Gasteiger partial charge in [0.2, 0.25) is 0 Å². The number of nitrogens with two attached hydrogens (primary N) is 2. The molecule has 1 rings (SSSR count). The molecule has 0 saturated carbocycles. The van der Waals surface area contributed by atoms with Crippen molar-refractivity contribution in [2.75, 3.05) is 12.3 Å². The number of pyridine rings is 1.